The van der Waals surface area contributed by atoms with Crippen LogP contribution in [0.25, 0.3) is 5.76 Å². The van der Waals surface area contributed by atoms with Gasteiger partial charge in [0.1, 0.15) is 11.5 Å². The van der Waals surface area contributed by atoms with E-state index in [9.17, 15) is 14.7 Å². The summed E-state index contributed by atoms with van der Waals surface area (Å²) < 4.78 is 5.59. The fourth-order valence-electron chi connectivity index (χ4n) is 4.18. The Balaban J connectivity index is 1.93. The fourth-order valence-corrected chi connectivity index (χ4v) is 4.18. The van der Waals surface area contributed by atoms with Gasteiger partial charge in [0.2, 0.25) is 0 Å². The molecule has 6 nitrogen and oxygen atoms in total. The van der Waals surface area contributed by atoms with E-state index in [-0.39, 0.29) is 11.3 Å². The molecule has 0 spiro atoms. The van der Waals surface area contributed by atoms with Crippen LogP contribution in [-0.4, -0.2) is 28.4 Å². The molecule has 1 atom stereocenters. The number of rotatable bonds is 5. The summed E-state index contributed by atoms with van der Waals surface area (Å²) in [6, 6.07) is 13.7. The molecular formula is C27H26N2O4. The summed E-state index contributed by atoms with van der Waals surface area (Å²) in [5.41, 5.74) is 4.40. The van der Waals surface area contributed by atoms with E-state index in [0.717, 1.165) is 16.7 Å². The van der Waals surface area contributed by atoms with Gasteiger partial charge >= 0.3 is 0 Å². The number of aliphatic hydroxyl groups is 1. The zero-order valence-electron chi connectivity index (χ0n) is 19.1. The largest absolute Gasteiger partial charge is 0.507 e. The Labute approximate surface area is 193 Å². The number of carbonyl (C=O) groups is 2. The third-order valence-electron chi connectivity index (χ3n) is 5.82. The number of aromatic nitrogens is 1. The van der Waals surface area contributed by atoms with Gasteiger partial charge in [0, 0.05) is 23.6 Å². The lowest BCUT2D eigenvalue weighted by Crippen LogP contribution is -2.30. The first-order valence-electron chi connectivity index (χ1n) is 10.9. The molecule has 1 fully saturated rings. The van der Waals surface area contributed by atoms with Gasteiger partial charge in [-0.25, -0.2) is 0 Å². The van der Waals surface area contributed by atoms with Gasteiger partial charge in [-0.05, 0) is 80.3 Å². The Morgan fingerprint density at radius 1 is 1.06 bits per heavy atom. The van der Waals surface area contributed by atoms with E-state index in [1.807, 2.05) is 45.9 Å². The number of anilines is 1. The summed E-state index contributed by atoms with van der Waals surface area (Å²) in [4.78, 5) is 32.2. The van der Waals surface area contributed by atoms with Crippen molar-refractivity contribution in [2.75, 3.05) is 11.5 Å². The Morgan fingerprint density at radius 2 is 1.85 bits per heavy atom. The normalized spacial score (nSPS) is 17.5. The van der Waals surface area contributed by atoms with Crippen LogP contribution in [0.15, 0.2) is 66.5 Å². The zero-order valence-corrected chi connectivity index (χ0v) is 19.1. The lowest BCUT2D eigenvalue weighted by Gasteiger charge is -2.27. The van der Waals surface area contributed by atoms with E-state index in [2.05, 4.69) is 4.98 Å². The Kier molecular flexibility index (Phi) is 6.01. The topological polar surface area (TPSA) is 79.7 Å². The van der Waals surface area contributed by atoms with E-state index < -0.39 is 17.7 Å². The van der Waals surface area contributed by atoms with Gasteiger partial charge in [-0.3, -0.25) is 19.5 Å². The van der Waals surface area contributed by atoms with Crippen molar-refractivity contribution < 1.29 is 19.4 Å². The quantitative estimate of drug-likeness (QED) is 0.341. The zero-order chi connectivity index (χ0) is 23.7. The van der Waals surface area contributed by atoms with Crippen molar-refractivity contribution in [1.82, 2.24) is 4.98 Å². The minimum atomic E-state index is -0.800. The molecular weight excluding hydrogens is 416 g/mol. The molecule has 0 bridgehead atoms. The maximum atomic E-state index is 13.3. The molecule has 1 unspecified atom stereocenters. The summed E-state index contributed by atoms with van der Waals surface area (Å²) in [5, 5.41) is 11.3. The number of nitrogens with zero attached hydrogens (tertiary/aromatic N) is 2. The number of ether oxygens (including phenoxy) is 1. The molecule has 168 valence electrons. The highest BCUT2D eigenvalue weighted by molar-refractivity contribution is 6.51. The van der Waals surface area contributed by atoms with Crippen molar-refractivity contribution in [2.24, 2.45) is 0 Å². The lowest BCUT2D eigenvalue weighted by atomic mass is 9.95. The number of ketones is 1. The van der Waals surface area contributed by atoms with Crippen molar-refractivity contribution >= 4 is 23.1 Å². The molecule has 1 N–H and O–H groups in total. The van der Waals surface area contributed by atoms with Crippen LogP contribution in [0.2, 0.25) is 0 Å². The number of aryl methyl sites for hydroxylation is 3. The second-order valence-corrected chi connectivity index (χ2v) is 8.16. The minimum absolute atomic E-state index is 0.0393. The van der Waals surface area contributed by atoms with Gasteiger partial charge in [0.25, 0.3) is 11.7 Å². The average molecular weight is 443 g/mol. The second-order valence-electron chi connectivity index (χ2n) is 8.16. The third kappa shape index (κ3) is 4.00. The van der Waals surface area contributed by atoms with Crippen LogP contribution in [0.4, 0.5) is 5.69 Å². The van der Waals surface area contributed by atoms with Gasteiger partial charge in [0.05, 0.1) is 18.2 Å². The second kappa shape index (κ2) is 8.90. The molecule has 0 saturated carbocycles. The number of hydrogen-bond acceptors (Lipinski definition) is 5. The van der Waals surface area contributed by atoms with Crippen LogP contribution in [0.5, 0.6) is 5.75 Å². The molecule has 1 aliphatic heterocycles. The summed E-state index contributed by atoms with van der Waals surface area (Å²) in [7, 11) is 0. The maximum Gasteiger partial charge on any atom is 0.300 e. The maximum absolute atomic E-state index is 13.3. The predicted molar refractivity (Wildman–Crippen MR) is 127 cm³/mol. The van der Waals surface area contributed by atoms with Crippen LogP contribution in [0.3, 0.4) is 0 Å². The van der Waals surface area contributed by atoms with Gasteiger partial charge in [0.15, 0.2) is 0 Å². The number of aliphatic hydroxyl groups excluding tert-OH is 1. The minimum Gasteiger partial charge on any atom is -0.507 e. The van der Waals surface area contributed by atoms with Gasteiger partial charge in [-0.1, -0.05) is 18.2 Å². The molecule has 3 aromatic rings. The number of carbonyl (C=O) groups excluding carboxylic acids is 2. The smallest absolute Gasteiger partial charge is 0.300 e. The Bertz CT molecular complexity index is 1260. The molecule has 6 heteroatoms. The Morgan fingerprint density at radius 3 is 2.52 bits per heavy atom. The highest BCUT2D eigenvalue weighted by Gasteiger charge is 2.47. The monoisotopic (exact) mass is 442 g/mol. The summed E-state index contributed by atoms with van der Waals surface area (Å²) in [5.74, 6) is -0.926. The van der Waals surface area contributed by atoms with Crippen molar-refractivity contribution in [1.29, 1.82) is 0 Å². The van der Waals surface area contributed by atoms with Gasteiger partial charge in [-0.15, -0.1) is 0 Å². The molecule has 0 aliphatic carbocycles. The first-order chi connectivity index (χ1) is 15.8. The van der Waals surface area contributed by atoms with Crippen molar-refractivity contribution in [3.63, 3.8) is 0 Å². The Hall–Kier alpha value is -3.93. The molecule has 1 amide bonds. The van der Waals surface area contributed by atoms with Gasteiger partial charge in [-0.2, -0.15) is 0 Å². The van der Waals surface area contributed by atoms with E-state index >= 15 is 0 Å². The standard InChI is InChI=1S/C27H26N2O4/c1-5-33-22-11-10-19(14-18(22)4)25(30)23-24(20-7-6-12-28-15-20)29(27(32)26(23)31)21-13-16(2)8-9-17(21)3/h6-15,24,30H,5H2,1-4H3/b25-23-. The predicted octanol–water partition coefficient (Wildman–Crippen LogP) is 5.03. The number of Topliss-reactive ketones (excluding diaryl/α,β-unsaturated/α-hetero) is 1. The van der Waals surface area contributed by atoms with E-state index in [1.54, 1.807) is 42.7 Å². The molecule has 1 saturated heterocycles. The first kappa shape index (κ1) is 22.3. The fraction of sp³-hybridized carbons (Fsp3) is 0.222. The molecule has 2 aromatic carbocycles. The van der Waals surface area contributed by atoms with Crippen LogP contribution in [0.1, 0.15) is 40.8 Å². The van der Waals surface area contributed by atoms with E-state index in [0.29, 0.717) is 29.2 Å². The lowest BCUT2D eigenvalue weighted by molar-refractivity contribution is -0.132. The van der Waals surface area contributed by atoms with E-state index in [4.69, 9.17) is 4.74 Å². The molecule has 1 aromatic heterocycles. The van der Waals surface area contributed by atoms with Crippen molar-refractivity contribution in [3.8, 4) is 5.75 Å². The molecule has 0 radical (unpaired) electrons. The molecule has 1 aliphatic rings. The first-order valence-corrected chi connectivity index (χ1v) is 10.9. The molecule has 4 rings (SSSR count). The van der Waals surface area contributed by atoms with Crippen LogP contribution < -0.4 is 9.64 Å². The summed E-state index contributed by atoms with van der Waals surface area (Å²) >= 11 is 0. The average Bonchev–Trinajstić information content (AvgIpc) is 3.07. The highest BCUT2D eigenvalue weighted by atomic mass is 16.5. The van der Waals surface area contributed by atoms with Crippen LogP contribution >= 0.6 is 0 Å². The number of hydrogen-bond donors (Lipinski definition) is 1. The van der Waals surface area contributed by atoms with Crippen molar-refractivity contribution in [3.05, 3.63) is 94.3 Å². The molecule has 2 heterocycles. The summed E-state index contributed by atoms with van der Waals surface area (Å²) in [6.07, 6.45) is 3.24. The van der Waals surface area contributed by atoms with Crippen LogP contribution in [-0.2, 0) is 9.59 Å². The highest BCUT2D eigenvalue weighted by Crippen LogP contribution is 2.43. The third-order valence-corrected chi connectivity index (χ3v) is 5.82. The SMILES string of the molecule is CCOc1ccc(/C(O)=C2/C(=O)C(=O)N(c3cc(C)ccc3C)C2c2cccnc2)cc1C. The number of benzene rings is 2. The van der Waals surface area contributed by atoms with Gasteiger partial charge < -0.3 is 9.84 Å². The number of amides is 1. The van der Waals surface area contributed by atoms with Crippen LogP contribution in [0, 0.1) is 20.8 Å². The number of pyridine rings is 1. The van der Waals surface area contributed by atoms with E-state index in [1.165, 1.54) is 4.90 Å². The summed E-state index contributed by atoms with van der Waals surface area (Å²) in [6.45, 7) is 8.12. The van der Waals surface area contributed by atoms with Crippen molar-refractivity contribution in [2.45, 2.75) is 33.7 Å². The molecule has 33 heavy (non-hydrogen) atoms.